The Balaban J connectivity index is 2.02. The molecule has 1 spiro atoms. The molecule has 0 N–H and O–H groups in total. The summed E-state index contributed by atoms with van der Waals surface area (Å²) < 4.78 is 5.44. The average molecular weight is 236 g/mol. The van der Waals surface area contributed by atoms with E-state index in [1.807, 2.05) is 0 Å². The second-order valence-corrected chi connectivity index (χ2v) is 8.01. The van der Waals surface area contributed by atoms with Crippen molar-refractivity contribution < 1.29 is 9.53 Å². The van der Waals surface area contributed by atoms with E-state index in [1.54, 1.807) is 0 Å². The molecule has 0 amide bonds. The molecular formula is C15H24O2. The SMILES string of the molecule is CC1(C)CC2CC(C1)C1(C2)C(=O)OCC1(C)C. The van der Waals surface area contributed by atoms with Gasteiger partial charge in [-0.15, -0.1) is 0 Å². The minimum atomic E-state index is -0.161. The van der Waals surface area contributed by atoms with Crippen molar-refractivity contribution in [3.05, 3.63) is 0 Å². The Bertz CT molecular complexity index is 369. The molecule has 3 unspecified atom stereocenters. The molecule has 2 bridgehead atoms. The predicted octanol–water partition coefficient (Wildman–Crippen LogP) is 3.40. The van der Waals surface area contributed by atoms with Crippen LogP contribution in [-0.2, 0) is 9.53 Å². The van der Waals surface area contributed by atoms with E-state index in [1.165, 1.54) is 19.3 Å². The molecular weight excluding hydrogens is 212 g/mol. The summed E-state index contributed by atoms with van der Waals surface area (Å²) in [6, 6.07) is 0. The smallest absolute Gasteiger partial charge is 0.313 e. The van der Waals surface area contributed by atoms with Gasteiger partial charge in [-0.3, -0.25) is 4.79 Å². The first-order valence-corrected chi connectivity index (χ1v) is 6.94. The van der Waals surface area contributed by atoms with E-state index in [0.29, 0.717) is 17.9 Å². The van der Waals surface area contributed by atoms with Crippen LogP contribution < -0.4 is 0 Å². The van der Waals surface area contributed by atoms with E-state index in [-0.39, 0.29) is 16.8 Å². The molecule has 96 valence electrons. The lowest BCUT2D eigenvalue weighted by atomic mass is 9.59. The van der Waals surface area contributed by atoms with E-state index in [9.17, 15) is 4.79 Å². The highest BCUT2D eigenvalue weighted by Crippen LogP contribution is 2.66. The number of fused-ring (bicyclic) bond motifs is 3. The fraction of sp³-hybridized carbons (Fsp3) is 0.933. The summed E-state index contributed by atoms with van der Waals surface area (Å²) in [5.74, 6) is 1.41. The molecule has 3 fully saturated rings. The lowest BCUT2D eigenvalue weighted by Gasteiger charge is -2.41. The summed E-state index contributed by atoms with van der Waals surface area (Å²) >= 11 is 0. The number of hydrogen-bond acceptors (Lipinski definition) is 2. The van der Waals surface area contributed by atoms with Crippen molar-refractivity contribution in [3.8, 4) is 0 Å². The topological polar surface area (TPSA) is 26.3 Å². The molecule has 1 saturated heterocycles. The Kier molecular flexibility index (Phi) is 2.09. The summed E-state index contributed by atoms with van der Waals surface area (Å²) in [6.07, 6.45) is 4.81. The molecule has 3 atom stereocenters. The summed E-state index contributed by atoms with van der Waals surface area (Å²) in [6.45, 7) is 9.80. The summed E-state index contributed by atoms with van der Waals surface area (Å²) in [5.41, 5.74) is 0.283. The van der Waals surface area contributed by atoms with Gasteiger partial charge in [0.15, 0.2) is 0 Å². The first kappa shape index (κ1) is 11.6. The number of carbonyl (C=O) groups is 1. The second-order valence-electron chi connectivity index (χ2n) is 8.01. The Hall–Kier alpha value is -0.530. The van der Waals surface area contributed by atoms with Crippen molar-refractivity contribution in [3.63, 3.8) is 0 Å². The standard InChI is InChI=1S/C15H24O2/c1-13(2)6-10-5-11(8-13)15(7-10)12(16)17-9-14(15,3)4/h10-11H,5-9H2,1-4H3. The van der Waals surface area contributed by atoms with E-state index in [0.717, 1.165) is 12.3 Å². The molecule has 0 aromatic carbocycles. The Morgan fingerprint density at radius 1 is 1.12 bits per heavy atom. The third kappa shape index (κ3) is 1.36. The van der Waals surface area contributed by atoms with Gasteiger partial charge in [0.1, 0.15) is 0 Å². The summed E-state index contributed by atoms with van der Waals surface area (Å²) in [7, 11) is 0. The molecule has 1 heterocycles. The van der Waals surface area contributed by atoms with Gasteiger partial charge in [-0.2, -0.15) is 0 Å². The first-order valence-electron chi connectivity index (χ1n) is 6.94. The zero-order valence-corrected chi connectivity index (χ0v) is 11.5. The fourth-order valence-electron chi connectivity index (χ4n) is 5.11. The van der Waals surface area contributed by atoms with E-state index in [2.05, 4.69) is 27.7 Å². The van der Waals surface area contributed by atoms with Crippen LogP contribution in [0.1, 0.15) is 53.4 Å². The average Bonchev–Trinajstić information content (AvgIpc) is 2.57. The van der Waals surface area contributed by atoms with Gasteiger partial charge >= 0.3 is 5.97 Å². The normalized spacial score (nSPS) is 46.2. The zero-order valence-electron chi connectivity index (χ0n) is 11.5. The van der Waals surface area contributed by atoms with Crippen molar-refractivity contribution >= 4 is 5.97 Å². The summed E-state index contributed by atoms with van der Waals surface area (Å²) in [4.78, 5) is 12.3. The molecule has 3 aliphatic rings. The van der Waals surface area contributed by atoms with Crippen LogP contribution in [0.25, 0.3) is 0 Å². The van der Waals surface area contributed by atoms with Crippen LogP contribution >= 0.6 is 0 Å². The molecule has 0 radical (unpaired) electrons. The van der Waals surface area contributed by atoms with Gasteiger partial charge in [-0.1, -0.05) is 27.7 Å². The van der Waals surface area contributed by atoms with Crippen LogP contribution in [0.2, 0.25) is 0 Å². The highest BCUT2D eigenvalue weighted by atomic mass is 16.5. The van der Waals surface area contributed by atoms with Crippen LogP contribution in [0.4, 0.5) is 0 Å². The van der Waals surface area contributed by atoms with Crippen molar-refractivity contribution in [2.45, 2.75) is 53.4 Å². The molecule has 2 nitrogen and oxygen atoms in total. The van der Waals surface area contributed by atoms with Crippen LogP contribution in [0.15, 0.2) is 0 Å². The zero-order chi connectivity index (χ0) is 12.5. The van der Waals surface area contributed by atoms with Gasteiger partial charge in [-0.25, -0.2) is 0 Å². The maximum absolute atomic E-state index is 12.3. The molecule has 2 saturated carbocycles. The Morgan fingerprint density at radius 3 is 2.41 bits per heavy atom. The van der Waals surface area contributed by atoms with Crippen LogP contribution in [0.3, 0.4) is 0 Å². The van der Waals surface area contributed by atoms with Gasteiger partial charge in [0.2, 0.25) is 0 Å². The number of esters is 1. The first-order chi connectivity index (χ1) is 7.77. The largest absolute Gasteiger partial charge is 0.465 e. The maximum Gasteiger partial charge on any atom is 0.313 e. The number of rotatable bonds is 0. The number of carbonyl (C=O) groups excluding carboxylic acids is 1. The summed E-state index contributed by atoms with van der Waals surface area (Å²) in [5, 5.41) is 0. The Morgan fingerprint density at radius 2 is 1.82 bits per heavy atom. The van der Waals surface area contributed by atoms with Crippen molar-refractivity contribution in [1.82, 2.24) is 0 Å². The third-order valence-electron chi connectivity index (χ3n) is 5.70. The van der Waals surface area contributed by atoms with E-state index < -0.39 is 0 Å². The molecule has 0 aromatic heterocycles. The highest BCUT2D eigenvalue weighted by molar-refractivity contribution is 5.81. The molecule has 2 heteroatoms. The van der Waals surface area contributed by atoms with Crippen molar-refractivity contribution in [1.29, 1.82) is 0 Å². The quantitative estimate of drug-likeness (QED) is 0.602. The van der Waals surface area contributed by atoms with Gasteiger partial charge < -0.3 is 4.74 Å². The van der Waals surface area contributed by atoms with Crippen LogP contribution in [-0.4, -0.2) is 12.6 Å². The van der Waals surface area contributed by atoms with Crippen molar-refractivity contribution in [2.24, 2.45) is 28.1 Å². The molecule has 3 rings (SSSR count). The fourth-order valence-corrected chi connectivity index (χ4v) is 5.11. The Labute approximate surface area is 104 Å². The lowest BCUT2D eigenvalue weighted by Crippen LogP contribution is -2.43. The number of ether oxygens (including phenoxy) is 1. The maximum atomic E-state index is 12.3. The van der Waals surface area contributed by atoms with E-state index >= 15 is 0 Å². The van der Waals surface area contributed by atoms with Crippen LogP contribution in [0, 0.1) is 28.1 Å². The monoisotopic (exact) mass is 236 g/mol. The minimum Gasteiger partial charge on any atom is -0.465 e. The predicted molar refractivity (Wildman–Crippen MR) is 66.4 cm³/mol. The van der Waals surface area contributed by atoms with Crippen LogP contribution in [0.5, 0.6) is 0 Å². The second kappa shape index (κ2) is 3.07. The minimum absolute atomic E-state index is 0.0317. The number of hydrogen-bond donors (Lipinski definition) is 0. The van der Waals surface area contributed by atoms with E-state index in [4.69, 9.17) is 4.74 Å². The van der Waals surface area contributed by atoms with Gasteiger partial charge in [0.25, 0.3) is 0 Å². The lowest BCUT2D eigenvalue weighted by molar-refractivity contribution is -0.149. The molecule has 2 aliphatic carbocycles. The van der Waals surface area contributed by atoms with Gasteiger partial charge in [0, 0.05) is 5.41 Å². The van der Waals surface area contributed by atoms with Crippen molar-refractivity contribution in [2.75, 3.05) is 6.61 Å². The van der Waals surface area contributed by atoms with Gasteiger partial charge in [-0.05, 0) is 42.9 Å². The number of cyclic esters (lactones) is 1. The third-order valence-corrected chi connectivity index (χ3v) is 5.70. The van der Waals surface area contributed by atoms with Gasteiger partial charge in [0.05, 0.1) is 12.0 Å². The molecule has 17 heavy (non-hydrogen) atoms. The molecule has 0 aromatic rings. The molecule has 1 aliphatic heterocycles. The highest BCUT2D eigenvalue weighted by Gasteiger charge is 2.67.